The second-order valence-corrected chi connectivity index (χ2v) is 10.7. The van der Waals surface area contributed by atoms with Crippen molar-refractivity contribution in [3.63, 3.8) is 0 Å². The summed E-state index contributed by atoms with van der Waals surface area (Å²) in [5.41, 5.74) is 5.87. The smallest absolute Gasteiger partial charge is 0.249 e. The molecule has 1 unspecified atom stereocenters. The standard InChI is InChI=1S/C22H34N4O2.ClH/c1-13(2)17(18-25-19(26-28-18)22(23)5-3-4-6-22)24-20(27)21-10-14-7-15(11-21)9-16(8-14)12-21;/h13-17H,3-12,23H2,1-2H3,(H,24,27);1H. The predicted molar refractivity (Wildman–Crippen MR) is 112 cm³/mol. The summed E-state index contributed by atoms with van der Waals surface area (Å²) in [6, 6.07) is -0.244. The minimum atomic E-state index is -0.465. The molecule has 0 spiro atoms. The van der Waals surface area contributed by atoms with E-state index in [9.17, 15) is 4.79 Å². The Hall–Kier alpha value is -1.14. The van der Waals surface area contributed by atoms with Crippen LogP contribution in [0.15, 0.2) is 4.52 Å². The third-order valence-corrected chi connectivity index (χ3v) is 8.12. The first-order valence-electron chi connectivity index (χ1n) is 11.3. The topological polar surface area (TPSA) is 94.0 Å². The lowest BCUT2D eigenvalue weighted by molar-refractivity contribution is -0.147. The predicted octanol–water partition coefficient (Wildman–Crippen LogP) is 4.25. The normalized spacial score (nSPS) is 35.5. The van der Waals surface area contributed by atoms with Gasteiger partial charge in [-0.15, -0.1) is 12.4 Å². The zero-order chi connectivity index (χ0) is 19.5. The summed E-state index contributed by atoms with van der Waals surface area (Å²) in [4.78, 5) is 18.2. The summed E-state index contributed by atoms with van der Waals surface area (Å²) < 4.78 is 5.63. The van der Waals surface area contributed by atoms with Crippen LogP contribution in [-0.4, -0.2) is 16.0 Å². The number of aromatic nitrogens is 2. The van der Waals surface area contributed by atoms with Crippen LogP contribution in [0, 0.1) is 29.1 Å². The van der Waals surface area contributed by atoms with E-state index in [0.717, 1.165) is 62.7 Å². The number of amides is 1. The molecule has 7 heteroatoms. The van der Waals surface area contributed by atoms with Gasteiger partial charge in [0.1, 0.15) is 6.04 Å². The van der Waals surface area contributed by atoms with E-state index in [2.05, 4.69) is 29.3 Å². The first kappa shape index (κ1) is 21.1. The van der Waals surface area contributed by atoms with Crippen molar-refractivity contribution < 1.29 is 9.32 Å². The second kappa shape index (κ2) is 7.52. The molecule has 0 aliphatic heterocycles. The molecule has 0 radical (unpaired) electrons. The van der Waals surface area contributed by atoms with Crippen molar-refractivity contribution in [1.82, 2.24) is 15.5 Å². The fourth-order valence-corrected chi connectivity index (χ4v) is 6.99. The number of nitrogens with one attached hydrogen (secondary N) is 1. The van der Waals surface area contributed by atoms with E-state index in [4.69, 9.17) is 10.3 Å². The van der Waals surface area contributed by atoms with Gasteiger partial charge < -0.3 is 15.6 Å². The number of carbonyl (C=O) groups excluding carboxylic acids is 1. The molecular weight excluding hydrogens is 388 g/mol. The van der Waals surface area contributed by atoms with Gasteiger partial charge in [0.2, 0.25) is 11.8 Å². The highest BCUT2D eigenvalue weighted by atomic mass is 35.5. The second-order valence-electron chi connectivity index (χ2n) is 10.7. The van der Waals surface area contributed by atoms with Gasteiger partial charge in [-0.25, -0.2) is 0 Å². The Labute approximate surface area is 179 Å². The molecule has 5 saturated carbocycles. The van der Waals surface area contributed by atoms with Crippen LogP contribution in [0.5, 0.6) is 0 Å². The van der Waals surface area contributed by atoms with Crippen LogP contribution < -0.4 is 11.1 Å². The molecule has 1 heterocycles. The van der Waals surface area contributed by atoms with Crippen LogP contribution in [0.25, 0.3) is 0 Å². The molecule has 5 aliphatic rings. The Morgan fingerprint density at radius 2 is 1.66 bits per heavy atom. The molecule has 6 rings (SSSR count). The number of nitrogens with two attached hydrogens (primary N) is 1. The maximum absolute atomic E-state index is 13.5. The maximum atomic E-state index is 13.5. The minimum absolute atomic E-state index is 0. The summed E-state index contributed by atoms with van der Waals surface area (Å²) in [5.74, 6) is 3.78. The maximum Gasteiger partial charge on any atom is 0.249 e. The number of hydrogen-bond acceptors (Lipinski definition) is 5. The van der Waals surface area contributed by atoms with Crippen LogP contribution in [0.3, 0.4) is 0 Å². The summed E-state index contributed by atoms with van der Waals surface area (Å²) in [5, 5.41) is 7.54. The summed E-state index contributed by atoms with van der Waals surface area (Å²) in [7, 11) is 0. The lowest BCUT2D eigenvalue weighted by atomic mass is 9.49. The van der Waals surface area contributed by atoms with Crippen molar-refractivity contribution in [2.75, 3.05) is 0 Å². The molecule has 29 heavy (non-hydrogen) atoms. The molecule has 3 N–H and O–H groups in total. The van der Waals surface area contributed by atoms with Gasteiger partial charge >= 0.3 is 0 Å². The van der Waals surface area contributed by atoms with Gasteiger partial charge in [0.15, 0.2) is 5.82 Å². The van der Waals surface area contributed by atoms with Gasteiger partial charge in [0, 0.05) is 5.41 Å². The molecule has 6 nitrogen and oxygen atoms in total. The molecule has 1 amide bonds. The van der Waals surface area contributed by atoms with Crippen LogP contribution in [0.2, 0.25) is 0 Å². The van der Waals surface area contributed by atoms with Crippen molar-refractivity contribution in [3.05, 3.63) is 11.7 Å². The Morgan fingerprint density at radius 3 is 2.17 bits per heavy atom. The molecular formula is C22H35ClN4O2. The summed E-state index contributed by atoms with van der Waals surface area (Å²) in [6.07, 6.45) is 11.2. The van der Waals surface area contributed by atoms with Crippen molar-refractivity contribution in [2.24, 2.45) is 34.8 Å². The SMILES string of the molecule is CC(C)C(NC(=O)C12CC3CC(CC(C3)C1)C2)c1nc(C2(N)CCCC2)no1.Cl. The Kier molecular flexibility index (Phi) is 5.48. The quantitative estimate of drug-likeness (QED) is 0.739. The molecule has 0 saturated heterocycles. The third-order valence-electron chi connectivity index (χ3n) is 8.12. The highest BCUT2D eigenvalue weighted by molar-refractivity contribution is 5.85. The summed E-state index contributed by atoms with van der Waals surface area (Å²) in [6.45, 7) is 4.20. The fourth-order valence-electron chi connectivity index (χ4n) is 6.99. The first-order chi connectivity index (χ1) is 13.4. The number of nitrogens with zero attached hydrogens (tertiary/aromatic N) is 2. The van der Waals surface area contributed by atoms with Crippen LogP contribution >= 0.6 is 12.4 Å². The molecule has 1 aromatic rings. The number of carbonyl (C=O) groups is 1. The van der Waals surface area contributed by atoms with E-state index in [-0.39, 0.29) is 35.7 Å². The highest BCUT2D eigenvalue weighted by Gasteiger charge is 2.55. The van der Waals surface area contributed by atoms with Gasteiger partial charge in [-0.1, -0.05) is 31.8 Å². The van der Waals surface area contributed by atoms with E-state index in [1.54, 1.807) is 0 Å². The molecule has 0 aromatic carbocycles. The van der Waals surface area contributed by atoms with Crippen molar-refractivity contribution >= 4 is 18.3 Å². The fraction of sp³-hybridized carbons (Fsp3) is 0.864. The third kappa shape index (κ3) is 3.60. The van der Waals surface area contributed by atoms with Gasteiger partial charge in [-0.3, -0.25) is 4.79 Å². The van der Waals surface area contributed by atoms with Gasteiger partial charge in [-0.2, -0.15) is 4.98 Å². The Morgan fingerprint density at radius 1 is 1.10 bits per heavy atom. The molecule has 4 bridgehead atoms. The molecule has 1 aromatic heterocycles. The average Bonchev–Trinajstić information content (AvgIpc) is 3.28. The Bertz CT molecular complexity index is 720. The van der Waals surface area contributed by atoms with Crippen molar-refractivity contribution in [2.45, 2.75) is 89.6 Å². The first-order valence-corrected chi connectivity index (χ1v) is 11.3. The van der Waals surface area contributed by atoms with E-state index < -0.39 is 5.54 Å². The van der Waals surface area contributed by atoms with E-state index >= 15 is 0 Å². The number of hydrogen-bond donors (Lipinski definition) is 2. The zero-order valence-electron chi connectivity index (χ0n) is 17.7. The van der Waals surface area contributed by atoms with Gasteiger partial charge in [-0.05, 0) is 75.0 Å². The van der Waals surface area contributed by atoms with Crippen LogP contribution in [0.1, 0.15) is 95.8 Å². The minimum Gasteiger partial charge on any atom is -0.344 e. The lowest BCUT2D eigenvalue weighted by Crippen LogP contribution is -2.54. The van der Waals surface area contributed by atoms with Crippen LogP contribution in [-0.2, 0) is 10.3 Å². The molecule has 5 aliphatic carbocycles. The molecule has 5 fully saturated rings. The molecule has 1 atom stereocenters. The van der Waals surface area contributed by atoms with Gasteiger partial charge in [0.25, 0.3) is 0 Å². The number of halogens is 1. The van der Waals surface area contributed by atoms with Gasteiger partial charge in [0.05, 0.1) is 5.54 Å². The van der Waals surface area contributed by atoms with E-state index in [1.165, 1.54) is 19.3 Å². The van der Waals surface area contributed by atoms with Crippen LogP contribution in [0.4, 0.5) is 0 Å². The largest absolute Gasteiger partial charge is 0.344 e. The van der Waals surface area contributed by atoms with E-state index in [0.29, 0.717) is 11.7 Å². The highest BCUT2D eigenvalue weighted by Crippen LogP contribution is 2.60. The van der Waals surface area contributed by atoms with E-state index in [1.807, 2.05) is 0 Å². The van der Waals surface area contributed by atoms with Crippen molar-refractivity contribution in [1.29, 1.82) is 0 Å². The monoisotopic (exact) mass is 422 g/mol. The Balaban J connectivity index is 0.00000205. The zero-order valence-corrected chi connectivity index (χ0v) is 18.5. The summed E-state index contributed by atoms with van der Waals surface area (Å²) >= 11 is 0. The molecule has 162 valence electrons. The van der Waals surface area contributed by atoms with Crippen molar-refractivity contribution in [3.8, 4) is 0 Å². The average molecular weight is 423 g/mol. The lowest BCUT2D eigenvalue weighted by Gasteiger charge is -2.55. The number of rotatable bonds is 5.